The fraction of sp³-hybridized carbons (Fsp3) is 0.241. The second-order valence-electron chi connectivity index (χ2n) is 8.41. The van der Waals surface area contributed by atoms with E-state index in [0.29, 0.717) is 48.8 Å². The maximum absolute atomic E-state index is 13.2. The number of amides is 1. The molecule has 3 aromatic carbocycles. The number of aliphatic hydroxyl groups excluding tert-OH is 1. The first kappa shape index (κ1) is 25.0. The molecule has 1 atom stereocenters. The van der Waals surface area contributed by atoms with E-state index in [2.05, 4.69) is 0 Å². The van der Waals surface area contributed by atoms with E-state index < -0.39 is 17.7 Å². The fourth-order valence-electron chi connectivity index (χ4n) is 4.26. The van der Waals surface area contributed by atoms with Gasteiger partial charge in [-0.2, -0.15) is 0 Å². The highest BCUT2D eigenvalue weighted by Gasteiger charge is 2.45. The second-order valence-corrected chi connectivity index (χ2v) is 8.41. The molecule has 7 nitrogen and oxygen atoms in total. The van der Waals surface area contributed by atoms with Gasteiger partial charge in [0.05, 0.1) is 18.7 Å². The maximum Gasteiger partial charge on any atom is 0.295 e. The normalized spacial score (nSPS) is 16.8. The third kappa shape index (κ3) is 5.42. The summed E-state index contributed by atoms with van der Waals surface area (Å²) in [7, 11) is 3.14. The molecule has 1 aliphatic rings. The molecule has 0 bridgehead atoms. The molecular formula is C29H29NO6. The molecular weight excluding hydrogens is 458 g/mol. The number of carbonyl (C=O) groups excluding carboxylic acids is 2. The van der Waals surface area contributed by atoms with E-state index in [0.717, 1.165) is 5.56 Å². The number of aliphatic hydroxyl groups is 1. The zero-order chi connectivity index (χ0) is 25.5. The van der Waals surface area contributed by atoms with Gasteiger partial charge in [-0.05, 0) is 53.9 Å². The second kappa shape index (κ2) is 11.6. The monoisotopic (exact) mass is 487 g/mol. The first-order valence-electron chi connectivity index (χ1n) is 11.7. The number of carbonyl (C=O) groups is 2. The molecule has 0 aliphatic carbocycles. The summed E-state index contributed by atoms with van der Waals surface area (Å²) in [5.41, 5.74) is 2.16. The zero-order valence-corrected chi connectivity index (χ0v) is 20.3. The molecule has 7 heteroatoms. The molecule has 186 valence electrons. The number of ketones is 1. The van der Waals surface area contributed by atoms with Gasteiger partial charge in [0, 0.05) is 25.8 Å². The molecule has 1 heterocycles. The highest BCUT2D eigenvalue weighted by atomic mass is 16.5. The lowest BCUT2D eigenvalue weighted by molar-refractivity contribution is -0.140. The van der Waals surface area contributed by atoms with Gasteiger partial charge in [-0.3, -0.25) is 9.59 Å². The number of hydrogen-bond donors (Lipinski definition) is 1. The van der Waals surface area contributed by atoms with Crippen LogP contribution in [0.5, 0.6) is 11.5 Å². The summed E-state index contributed by atoms with van der Waals surface area (Å²) in [6.45, 7) is 1.12. The zero-order valence-electron chi connectivity index (χ0n) is 20.3. The van der Waals surface area contributed by atoms with Crippen molar-refractivity contribution >= 4 is 17.4 Å². The molecule has 3 aromatic rings. The third-order valence-electron chi connectivity index (χ3n) is 6.07. The summed E-state index contributed by atoms with van der Waals surface area (Å²) >= 11 is 0. The van der Waals surface area contributed by atoms with E-state index in [-0.39, 0.29) is 11.3 Å². The minimum absolute atomic E-state index is 0.0443. The molecule has 1 amide bonds. The predicted octanol–water partition coefficient (Wildman–Crippen LogP) is 4.73. The number of likely N-dealkylation sites (tertiary alicyclic amines) is 1. The van der Waals surface area contributed by atoms with E-state index in [9.17, 15) is 14.7 Å². The molecule has 0 spiro atoms. The van der Waals surface area contributed by atoms with Crippen LogP contribution in [-0.4, -0.2) is 49.1 Å². The van der Waals surface area contributed by atoms with Crippen LogP contribution in [0.15, 0.2) is 84.4 Å². The van der Waals surface area contributed by atoms with Crippen LogP contribution in [0.1, 0.15) is 29.2 Å². The average Bonchev–Trinajstić information content (AvgIpc) is 3.17. The SMILES string of the molecule is COCCCN1C(=O)C(=O)C(=C(O)c2ccc(OC)cc2)C1c1cccc(OCc2ccccc2)c1. The Bertz CT molecular complexity index is 1240. The Balaban J connectivity index is 1.71. The molecule has 0 aromatic heterocycles. The van der Waals surface area contributed by atoms with Crippen molar-refractivity contribution in [1.82, 2.24) is 4.90 Å². The van der Waals surface area contributed by atoms with Crippen molar-refractivity contribution in [3.05, 3.63) is 101 Å². The van der Waals surface area contributed by atoms with Gasteiger partial charge < -0.3 is 24.2 Å². The van der Waals surface area contributed by atoms with Crippen LogP contribution in [-0.2, 0) is 20.9 Å². The Morgan fingerprint density at radius 2 is 1.67 bits per heavy atom. The summed E-state index contributed by atoms with van der Waals surface area (Å²) in [6.07, 6.45) is 0.548. The number of Topliss-reactive ketones (excluding diaryl/α,β-unsaturated/α-hetero) is 1. The minimum atomic E-state index is -0.760. The van der Waals surface area contributed by atoms with E-state index in [1.54, 1.807) is 38.5 Å². The Morgan fingerprint density at radius 1 is 0.917 bits per heavy atom. The van der Waals surface area contributed by atoms with Crippen LogP contribution in [0, 0.1) is 0 Å². The standard InChI is InChI=1S/C29H29NO6/c1-34-17-7-16-30-26(22-10-6-11-24(18-22)36-19-20-8-4-3-5-9-20)25(28(32)29(30)33)27(31)21-12-14-23(35-2)15-13-21/h3-6,8-15,18,26,31H,7,16-17,19H2,1-2H3. The summed E-state index contributed by atoms with van der Waals surface area (Å²) < 4.78 is 16.3. The van der Waals surface area contributed by atoms with Crippen LogP contribution >= 0.6 is 0 Å². The number of hydrogen-bond acceptors (Lipinski definition) is 6. The van der Waals surface area contributed by atoms with Gasteiger partial charge in [-0.1, -0.05) is 42.5 Å². The topological polar surface area (TPSA) is 85.3 Å². The van der Waals surface area contributed by atoms with Gasteiger partial charge in [0.2, 0.25) is 0 Å². The number of nitrogens with zero attached hydrogens (tertiary/aromatic N) is 1. The van der Waals surface area contributed by atoms with Gasteiger partial charge in [-0.15, -0.1) is 0 Å². The van der Waals surface area contributed by atoms with Crippen molar-refractivity contribution in [3.63, 3.8) is 0 Å². The summed E-state index contributed by atoms with van der Waals surface area (Å²) in [4.78, 5) is 27.7. The van der Waals surface area contributed by atoms with Crippen LogP contribution in [0.3, 0.4) is 0 Å². The highest BCUT2D eigenvalue weighted by Crippen LogP contribution is 2.40. The van der Waals surface area contributed by atoms with E-state index in [4.69, 9.17) is 14.2 Å². The Hall–Kier alpha value is -4.10. The van der Waals surface area contributed by atoms with Crippen molar-refractivity contribution in [3.8, 4) is 11.5 Å². The largest absolute Gasteiger partial charge is 0.507 e. The first-order chi connectivity index (χ1) is 17.5. The van der Waals surface area contributed by atoms with Crippen LogP contribution in [0.2, 0.25) is 0 Å². The molecule has 1 unspecified atom stereocenters. The molecule has 1 aliphatic heterocycles. The van der Waals surface area contributed by atoms with Crippen LogP contribution in [0.25, 0.3) is 5.76 Å². The van der Waals surface area contributed by atoms with Gasteiger partial charge in [0.25, 0.3) is 11.7 Å². The van der Waals surface area contributed by atoms with E-state index in [1.807, 2.05) is 54.6 Å². The van der Waals surface area contributed by atoms with Gasteiger partial charge in [0.15, 0.2) is 0 Å². The van der Waals surface area contributed by atoms with Gasteiger partial charge >= 0.3 is 0 Å². The predicted molar refractivity (Wildman–Crippen MR) is 136 cm³/mol. The first-order valence-corrected chi connectivity index (χ1v) is 11.7. The Morgan fingerprint density at radius 3 is 2.36 bits per heavy atom. The van der Waals surface area contributed by atoms with E-state index >= 15 is 0 Å². The Kier molecular flexibility index (Phi) is 8.02. The quantitative estimate of drug-likeness (QED) is 0.193. The third-order valence-corrected chi connectivity index (χ3v) is 6.07. The van der Waals surface area contributed by atoms with Crippen LogP contribution < -0.4 is 9.47 Å². The number of methoxy groups -OCH3 is 2. The highest BCUT2D eigenvalue weighted by molar-refractivity contribution is 6.46. The molecule has 1 N–H and O–H groups in total. The lowest BCUT2D eigenvalue weighted by Crippen LogP contribution is -2.31. The molecule has 1 fully saturated rings. The molecule has 0 radical (unpaired) electrons. The number of benzene rings is 3. The maximum atomic E-state index is 13.2. The van der Waals surface area contributed by atoms with Crippen molar-refractivity contribution in [1.29, 1.82) is 0 Å². The van der Waals surface area contributed by atoms with E-state index in [1.165, 1.54) is 4.90 Å². The smallest absolute Gasteiger partial charge is 0.295 e. The van der Waals surface area contributed by atoms with Gasteiger partial charge in [0.1, 0.15) is 23.9 Å². The molecule has 36 heavy (non-hydrogen) atoms. The Labute approximate surface area is 210 Å². The van der Waals surface area contributed by atoms with Crippen molar-refractivity contribution < 1.29 is 28.9 Å². The lowest BCUT2D eigenvalue weighted by Gasteiger charge is -2.25. The molecule has 1 saturated heterocycles. The number of rotatable bonds is 10. The summed E-state index contributed by atoms with van der Waals surface area (Å²) in [6, 6.07) is 23.0. The van der Waals surface area contributed by atoms with Crippen molar-refractivity contribution in [2.24, 2.45) is 0 Å². The molecule has 4 rings (SSSR count). The number of ether oxygens (including phenoxy) is 3. The average molecular weight is 488 g/mol. The van der Waals surface area contributed by atoms with Crippen molar-refractivity contribution in [2.75, 3.05) is 27.4 Å². The lowest BCUT2D eigenvalue weighted by atomic mass is 9.95. The minimum Gasteiger partial charge on any atom is -0.507 e. The summed E-state index contributed by atoms with van der Waals surface area (Å²) in [5.74, 6) is -0.386. The van der Waals surface area contributed by atoms with Crippen LogP contribution in [0.4, 0.5) is 0 Å². The van der Waals surface area contributed by atoms with Gasteiger partial charge in [-0.25, -0.2) is 0 Å². The molecule has 0 saturated carbocycles. The fourth-order valence-corrected chi connectivity index (χ4v) is 4.26. The summed E-state index contributed by atoms with van der Waals surface area (Å²) in [5, 5.41) is 11.2. The van der Waals surface area contributed by atoms with Crippen molar-refractivity contribution in [2.45, 2.75) is 19.1 Å².